The van der Waals surface area contributed by atoms with E-state index in [0.29, 0.717) is 0 Å². The van der Waals surface area contributed by atoms with Crippen LogP contribution in [-0.2, 0) is 0 Å². The van der Waals surface area contributed by atoms with Crippen molar-refractivity contribution >= 4 is 0 Å². The van der Waals surface area contributed by atoms with Gasteiger partial charge in [-0.3, -0.25) is 0 Å². The highest BCUT2D eigenvalue weighted by Gasteiger charge is 2.21. The average molecular weight is 680 g/mol. The Labute approximate surface area is 300 Å². The Hall–Kier alpha value is -6.39. The predicted octanol–water partition coefficient (Wildman–Crippen LogP) is 10.6. The molecule has 7 nitrogen and oxygen atoms in total. The fraction of sp³-hybridized carbons (Fsp3) is 0.159. The minimum Gasteiger partial charge on any atom is -0.497 e. The number of nitrogens with zero attached hydrogens (tertiary/aromatic N) is 1. The van der Waals surface area contributed by atoms with E-state index in [9.17, 15) is 0 Å². The van der Waals surface area contributed by atoms with Gasteiger partial charge in [-0.2, -0.15) is 5.26 Å². The van der Waals surface area contributed by atoms with Crippen molar-refractivity contribution in [3.8, 4) is 96.2 Å². The first-order valence-corrected chi connectivity index (χ1v) is 16.2. The molecule has 0 aromatic heterocycles. The van der Waals surface area contributed by atoms with Crippen molar-refractivity contribution in [1.29, 1.82) is 5.26 Å². The standard InChI is InChI=1S/C42H38O6.C2H3N/c1-43-29-11-7-27(8-12-29)35-19-15-31(45-3)23-39(35)41-25-33(47-5)17-21-37(41)38-22-18-34(48-6)26-42(38)40-24-32(46-4)16-20-36(40)28-9-13-30(44-2)14-10-28;1-2-3/h7-26H,1-6H3;1H3. The molecule has 7 heteroatoms. The molecule has 0 bridgehead atoms. The zero-order valence-corrected chi connectivity index (χ0v) is 29.9. The van der Waals surface area contributed by atoms with E-state index in [1.165, 1.54) is 6.92 Å². The first-order chi connectivity index (χ1) is 24.9. The van der Waals surface area contributed by atoms with Gasteiger partial charge in [0.05, 0.1) is 48.7 Å². The van der Waals surface area contributed by atoms with Gasteiger partial charge in [-0.1, -0.05) is 48.5 Å². The van der Waals surface area contributed by atoms with Gasteiger partial charge in [0.25, 0.3) is 0 Å². The normalized spacial score (nSPS) is 10.2. The smallest absolute Gasteiger partial charge is 0.119 e. The third-order valence-electron chi connectivity index (χ3n) is 8.58. The molecule has 0 atom stereocenters. The molecule has 258 valence electrons. The highest BCUT2D eigenvalue weighted by atomic mass is 16.5. The maximum absolute atomic E-state index is 7.32. The largest absolute Gasteiger partial charge is 0.497 e. The summed E-state index contributed by atoms with van der Waals surface area (Å²) in [6.07, 6.45) is 0. The molecule has 0 fully saturated rings. The minimum absolute atomic E-state index is 0.743. The molecular weight excluding hydrogens is 638 g/mol. The van der Waals surface area contributed by atoms with Crippen LogP contribution in [0.3, 0.4) is 0 Å². The summed E-state index contributed by atoms with van der Waals surface area (Å²) in [5.41, 5.74) is 10.2. The molecule has 0 spiro atoms. The van der Waals surface area contributed by atoms with Crippen LogP contribution in [0, 0.1) is 11.3 Å². The van der Waals surface area contributed by atoms with E-state index in [0.717, 1.165) is 90.1 Å². The summed E-state index contributed by atoms with van der Waals surface area (Å²) >= 11 is 0. The lowest BCUT2D eigenvalue weighted by molar-refractivity contribution is 0.414. The second-order valence-corrected chi connectivity index (χ2v) is 11.3. The number of ether oxygens (including phenoxy) is 6. The van der Waals surface area contributed by atoms with Crippen molar-refractivity contribution < 1.29 is 28.4 Å². The molecule has 6 aromatic carbocycles. The predicted molar refractivity (Wildman–Crippen MR) is 204 cm³/mol. The van der Waals surface area contributed by atoms with Crippen molar-refractivity contribution in [1.82, 2.24) is 0 Å². The molecule has 0 saturated heterocycles. The van der Waals surface area contributed by atoms with Crippen molar-refractivity contribution in [2.45, 2.75) is 6.92 Å². The molecule has 0 radical (unpaired) electrons. The van der Waals surface area contributed by atoms with Crippen molar-refractivity contribution in [3.63, 3.8) is 0 Å². The van der Waals surface area contributed by atoms with Crippen LogP contribution in [0.5, 0.6) is 34.5 Å². The molecule has 0 saturated carbocycles. The lowest BCUT2D eigenvalue weighted by atomic mass is 9.84. The Bertz CT molecular complexity index is 1980. The molecule has 0 aliphatic carbocycles. The maximum atomic E-state index is 7.32. The molecule has 6 rings (SSSR count). The third-order valence-corrected chi connectivity index (χ3v) is 8.58. The zero-order valence-electron chi connectivity index (χ0n) is 29.9. The van der Waals surface area contributed by atoms with Crippen molar-refractivity contribution in [2.24, 2.45) is 0 Å². The van der Waals surface area contributed by atoms with Gasteiger partial charge in [-0.15, -0.1) is 0 Å². The summed E-state index contributed by atoms with van der Waals surface area (Å²) in [4.78, 5) is 0. The molecule has 51 heavy (non-hydrogen) atoms. The van der Waals surface area contributed by atoms with Crippen LogP contribution in [0.1, 0.15) is 6.92 Å². The number of hydrogen-bond acceptors (Lipinski definition) is 7. The van der Waals surface area contributed by atoms with Gasteiger partial charge in [0, 0.05) is 6.92 Å². The summed E-state index contributed by atoms with van der Waals surface area (Å²) in [6.45, 7) is 1.43. The summed E-state index contributed by atoms with van der Waals surface area (Å²) < 4.78 is 33.9. The Morgan fingerprint density at radius 2 is 0.529 bits per heavy atom. The fourth-order valence-corrected chi connectivity index (χ4v) is 6.01. The van der Waals surface area contributed by atoms with Crippen LogP contribution in [0.25, 0.3) is 55.6 Å². The first-order valence-electron chi connectivity index (χ1n) is 16.2. The summed E-state index contributed by atoms with van der Waals surface area (Å²) in [5, 5.41) is 7.32. The van der Waals surface area contributed by atoms with Gasteiger partial charge in [0.2, 0.25) is 0 Å². The van der Waals surface area contributed by atoms with Crippen LogP contribution in [0.15, 0.2) is 121 Å². The quantitative estimate of drug-likeness (QED) is 0.135. The molecule has 0 N–H and O–H groups in total. The van der Waals surface area contributed by atoms with Crippen LogP contribution in [0.4, 0.5) is 0 Å². The number of methoxy groups -OCH3 is 6. The molecule has 6 aromatic rings. The van der Waals surface area contributed by atoms with Gasteiger partial charge < -0.3 is 28.4 Å². The van der Waals surface area contributed by atoms with Crippen molar-refractivity contribution in [3.05, 3.63) is 121 Å². The molecule has 0 aliphatic heterocycles. The molecular formula is C44H41NO6. The Morgan fingerprint density at radius 3 is 0.784 bits per heavy atom. The minimum atomic E-state index is 0.743. The van der Waals surface area contributed by atoms with E-state index in [4.69, 9.17) is 33.7 Å². The summed E-state index contributed by atoms with van der Waals surface area (Å²) in [7, 11) is 10.1. The van der Waals surface area contributed by atoms with Crippen LogP contribution in [-0.4, -0.2) is 42.7 Å². The Morgan fingerprint density at radius 1 is 0.314 bits per heavy atom. The van der Waals surface area contributed by atoms with Gasteiger partial charge in [0.1, 0.15) is 34.5 Å². The molecule has 0 unspecified atom stereocenters. The number of benzene rings is 6. The third kappa shape index (κ3) is 7.92. The number of rotatable bonds is 11. The fourth-order valence-electron chi connectivity index (χ4n) is 6.01. The Balaban J connectivity index is 0.00000162. The highest BCUT2D eigenvalue weighted by molar-refractivity contribution is 5.99. The monoisotopic (exact) mass is 679 g/mol. The zero-order chi connectivity index (χ0) is 36.3. The van der Waals surface area contributed by atoms with E-state index >= 15 is 0 Å². The Kier molecular flexibility index (Phi) is 11.8. The number of hydrogen-bond donors (Lipinski definition) is 0. The van der Waals surface area contributed by atoms with Crippen LogP contribution >= 0.6 is 0 Å². The molecule has 0 heterocycles. The van der Waals surface area contributed by atoms with Crippen LogP contribution < -0.4 is 28.4 Å². The summed E-state index contributed by atoms with van der Waals surface area (Å²) in [6, 6.07) is 42.6. The van der Waals surface area contributed by atoms with E-state index < -0.39 is 0 Å². The van der Waals surface area contributed by atoms with E-state index in [-0.39, 0.29) is 0 Å². The lowest BCUT2D eigenvalue weighted by Gasteiger charge is -2.21. The average Bonchev–Trinajstić information content (AvgIpc) is 3.20. The second kappa shape index (κ2) is 16.8. The van der Waals surface area contributed by atoms with E-state index in [2.05, 4.69) is 72.8 Å². The molecule has 0 aliphatic rings. The highest BCUT2D eigenvalue weighted by Crippen LogP contribution is 2.47. The van der Waals surface area contributed by atoms with Gasteiger partial charge in [-0.05, 0) is 128 Å². The topological polar surface area (TPSA) is 79.2 Å². The van der Waals surface area contributed by atoms with Gasteiger partial charge in [0.15, 0.2) is 0 Å². The van der Waals surface area contributed by atoms with E-state index in [1.54, 1.807) is 48.7 Å². The summed E-state index contributed by atoms with van der Waals surface area (Å²) in [5.74, 6) is 4.58. The first kappa shape index (κ1) is 35.9. The van der Waals surface area contributed by atoms with Crippen LogP contribution in [0.2, 0.25) is 0 Å². The maximum Gasteiger partial charge on any atom is 0.119 e. The van der Waals surface area contributed by atoms with Gasteiger partial charge in [-0.25, -0.2) is 0 Å². The van der Waals surface area contributed by atoms with Gasteiger partial charge >= 0.3 is 0 Å². The van der Waals surface area contributed by atoms with Crippen molar-refractivity contribution in [2.75, 3.05) is 42.7 Å². The lowest BCUT2D eigenvalue weighted by Crippen LogP contribution is -1.96. The SMILES string of the molecule is CC#N.COc1ccc(-c2ccc(OC)cc2-c2cc(OC)ccc2-c2ccc(OC)cc2-c2cc(OC)ccc2-c2ccc(OC)cc2)cc1. The second-order valence-electron chi connectivity index (χ2n) is 11.3. The number of nitriles is 1. The molecule has 0 amide bonds. The van der Waals surface area contributed by atoms with E-state index in [1.807, 2.05) is 48.5 Å².